The summed E-state index contributed by atoms with van der Waals surface area (Å²) in [5.41, 5.74) is 1.10. The van der Waals surface area contributed by atoms with Crippen LogP contribution < -0.4 is 5.32 Å². The molecule has 0 radical (unpaired) electrons. The van der Waals surface area contributed by atoms with Crippen LogP contribution in [0.2, 0.25) is 0 Å². The second-order valence-corrected chi connectivity index (χ2v) is 6.94. The third-order valence-corrected chi connectivity index (χ3v) is 5.93. The van der Waals surface area contributed by atoms with Crippen molar-refractivity contribution in [1.29, 1.82) is 0 Å². The fraction of sp³-hybridized carbons (Fsp3) is 0.611. The van der Waals surface area contributed by atoms with E-state index >= 15 is 0 Å². The molecule has 0 spiro atoms. The second-order valence-electron chi connectivity index (χ2n) is 6.38. The highest BCUT2D eigenvalue weighted by molar-refractivity contribution is 9.09. The lowest BCUT2D eigenvalue weighted by Crippen LogP contribution is -2.50. The van der Waals surface area contributed by atoms with Crippen LogP contribution in [0, 0.1) is 5.92 Å². The molecule has 116 valence electrons. The lowest BCUT2D eigenvalue weighted by Gasteiger charge is -2.32. The van der Waals surface area contributed by atoms with Gasteiger partial charge >= 0.3 is 0 Å². The van der Waals surface area contributed by atoms with E-state index in [1.165, 1.54) is 12.8 Å². The molecule has 1 fully saturated rings. The normalized spacial score (nSPS) is 20.0. The van der Waals surface area contributed by atoms with Gasteiger partial charge in [0.05, 0.1) is 5.92 Å². The van der Waals surface area contributed by atoms with Crippen molar-refractivity contribution in [2.75, 3.05) is 5.33 Å². The van der Waals surface area contributed by atoms with Gasteiger partial charge in [-0.15, -0.1) is 0 Å². The van der Waals surface area contributed by atoms with Crippen LogP contribution in [0.3, 0.4) is 0 Å². The fourth-order valence-electron chi connectivity index (χ4n) is 3.32. The van der Waals surface area contributed by atoms with Crippen LogP contribution in [0.4, 0.5) is 0 Å². The molecule has 1 saturated carbocycles. The standard InChI is InChI=1S/C18H26BrNO/c1-3-14(2)16(15-9-5-4-6-10-15)17(21)20-18(13-19)11-7-8-12-18/h4-6,9-10,14,16H,3,7-8,11-13H2,1-2H3,(H,20,21). The van der Waals surface area contributed by atoms with E-state index in [2.05, 4.69) is 47.2 Å². The molecule has 0 heterocycles. The number of carbonyl (C=O) groups is 1. The minimum Gasteiger partial charge on any atom is -0.349 e. The number of halogens is 1. The first-order valence-electron chi connectivity index (χ1n) is 8.05. The van der Waals surface area contributed by atoms with Gasteiger partial charge in [0, 0.05) is 10.9 Å². The molecular formula is C18H26BrNO. The largest absolute Gasteiger partial charge is 0.349 e. The Kier molecular flexibility index (Phi) is 5.86. The molecule has 2 nitrogen and oxygen atoms in total. The molecule has 0 bridgehead atoms. The summed E-state index contributed by atoms with van der Waals surface area (Å²) < 4.78 is 0. The minimum atomic E-state index is -0.0484. The van der Waals surface area contributed by atoms with Gasteiger partial charge in [0.2, 0.25) is 5.91 Å². The van der Waals surface area contributed by atoms with Gasteiger partial charge < -0.3 is 5.32 Å². The first-order valence-corrected chi connectivity index (χ1v) is 9.17. The molecule has 2 rings (SSSR count). The second kappa shape index (κ2) is 7.44. The Morgan fingerprint density at radius 3 is 2.43 bits per heavy atom. The van der Waals surface area contributed by atoms with Crippen LogP contribution in [-0.4, -0.2) is 16.8 Å². The summed E-state index contributed by atoms with van der Waals surface area (Å²) in [6.07, 6.45) is 5.61. The van der Waals surface area contributed by atoms with Gasteiger partial charge in [-0.05, 0) is 24.3 Å². The Morgan fingerprint density at radius 2 is 1.90 bits per heavy atom. The van der Waals surface area contributed by atoms with Crippen molar-refractivity contribution in [2.45, 2.75) is 57.4 Å². The average molecular weight is 352 g/mol. The Labute approximate surface area is 136 Å². The molecule has 2 atom stereocenters. The van der Waals surface area contributed by atoms with Crippen molar-refractivity contribution in [1.82, 2.24) is 5.32 Å². The third kappa shape index (κ3) is 3.88. The Balaban J connectivity index is 2.19. The van der Waals surface area contributed by atoms with Gasteiger partial charge in [-0.3, -0.25) is 4.79 Å². The summed E-state index contributed by atoms with van der Waals surface area (Å²) in [6.45, 7) is 4.33. The number of carbonyl (C=O) groups excluding carboxylic acids is 1. The quantitative estimate of drug-likeness (QED) is 0.743. The highest BCUT2D eigenvalue weighted by atomic mass is 79.9. The van der Waals surface area contributed by atoms with Gasteiger partial charge in [-0.2, -0.15) is 0 Å². The summed E-state index contributed by atoms with van der Waals surface area (Å²) in [5, 5.41) is 4.22. The smallest absolute Gasteiger partial charge is 0.228 e. The number of nitrogens with one attached hydrogen (secondary N) is 1. The molecule has 1 aromatic rings. The number of hydrogen-bond acceptors (Lipinski definition) is 1. The average Bonchev–Trinajstić information content (AvgIpc) is 2.97. The Hall–Kier alpha value is -0.830. The van der Waals surface area contributed by atoms with Crippen molar-refractivity contribution >= 4 is 21.8 Å². The van der Waals surface area contributed by atoms with E-state index in [-0.39, 0.29) is 17.4 Å². The van der Waals surface area contributed by atoms with Gasteiger partial charge in [0.25, 0.3) is 0 Å². The number of hydrogen-bond donors (Lipinski definition) is 1. The molecule has 0 aliphatic heterocycles. The van der Waals surface area contributed by atoms with E-state index in [9.17, 15) is 4.79 Å². The molecule has 0 saturated heterocycles. The molecule has 1 aliphatic rings. The van der Waals surface area contributed by atoms with Gasteiger partial charge in [0.15, 0.2) is 0 Å². The molecule has 2 unspecified atom stereocenters. The fourth-order valence-corrected chi connectivity index (χ4v) is 4.02. The number of rotatable bonds is 6. The number of amides is 1. The minimum absolute atomic E-state index is 0.0302. The highest BCUT2D eigenvalue weighted by Gasteiger charge is 2.37. The maximum atomic E-state index is 12.9. The molecule has 3 heteroatoms. The zero-order chi connectivity index (χ0) is 15.3. The first-order chi connectivity index (χ1) is 10.1. The molecular weight excluding hydrogens is 326 g/mol. The summed E-state index contributed by atoms with van der Waals surface area (Å²) in [4.78, 5) is 12.9. The van der Waals surface area contributed by atoms with Crippen LogP contribution >= 0.6 is 15.9 Å². The maximum Gasteiger partial charge on any atom is 0.228 e. The summed E-state index contributed by atoms with van der Waals surface area (Å²) in [7, 11) is 0. The Morgan fingerprint density at radius 1 is 1.29 bits per heavy atom. The first kappa shape index (κ1) is 16.5. The van der Waals surface area contributed by atoms with Crippen LogP contribution in [0.1, 0.15) is 57.4 Å². The highest BCUT2D eigenvalue weighted by Crippen LogP contribution is 2.34. The molecule has 1 aliphatic carbocycles. The van der Waals surface area contributed by atoms with Crippen LogP contribution in [0.15, 0.2) is 30.3 Å². The van der Waals surface area contributed by atoms with E-state index in [4.69, 9.17) is 0 Å². The molecule has 1 amide bonds. The van der Waals surface area contributed by atoms with E-state index in [1.54, 1.807) is 0 Å². The zero-order valence-electron chi connectivity index (χ0n) is 13.1. The summed E-state index contributed by atoms with van der Waals surface area (Å²) >= 11 is 3.61. The SMILES string of the molecule is CCC(C)C(C(=O)NC1(CBr)CCCC1)c1ccccc1. The monoisotopic (exact) mass is 351 g/mol. The topological polar surface area (TPSA) is 29.1 Å². The Bertz CT molecular complexity index is 454. The molecule has 1 N–H and O–H groups in total. The lowest BCUT2D eigenvalue weighted by atomic mass is 9.84. The van der Waals surface area contributed by atoms with Crippen molar-refractivity contribution in [3.05, 3.63) is 35.9 Å². The summed E-state index contributed by atoms with van der Waals surface area (Å²) in [6, 6.07) is 10.2. The third-order valence-electron chi connectivity index (χ3n) is 4.86. The lowest BCUT2D eigenvalue weighted by molar-refractivity contribution is -0.125. The van der Waals surface area contributed by atoms with Crippen molar-refractivity contribution in [3.8, 4) is 0 Å². The van der Waals surface area contributed by atoms with E-state index in [1.807, 2.05) is 18.2 Å². The zero-order valence-corrected chi connectivity index (χ0v) is 14.7. The van der Waals surface area contributed by atoms with Crippen molar-refractivity contribution < 1.29 is 4.79 Å². The van der Waals surface area contributed by atoms with Gasteiger partial charge in [0.1, 0.15) is 0 Å². The van der Waals surface area contributed by atoms with Crippen molar-refractivity contribution in [3.63, 3.8) is 0 Å². The molecule has 1 aromatic carbocycles. The predicted octanol–water partition coefficient (Wildman–Crippen LogP) is 4.64. The van der Waals surface area contributed by atoms with Crippen LogP contribution in [0.5, 0.6) is 0 Å². The van der Waals surface area contributed by atoms with Crippen molar-refractivity contribution in [2.24, 2.45) is 5.92 Å². The van der Waals surface area contributed by atoms with E-state index in [0.717, 1.165) is 30.2 Å². The number of benzene rings is 1. The van der Waals surface area contributed by atoms with Crippen LogP contribution in [-0.2, 0) is 4.79 Å². The van der Waals surface area contributed by atoms with Crippen LogP contribution in [0.25, 0.3) is 0 Å². The summed E-state index contributed by atoms with van der Waals surface area (Å²) in [5.74, 6) is 0.491. The number of alkyl halides is 1. The van der Waals surface area contributed by atoms with Gasteiger partial charge in [-0.1, -0.05) is 79.4 Å². The van der Waals surface area contributed by atoms with E-state index < -0.39 is 0 Å². The van der Waals surface area contributed by atoms with Gasteiger partial charge in [-0.25, -0.2) is 0 Å². The molecule has 0 aromatic heterocycles. The maximum absolute atomic E-state index is 12.9. The molecule has 21 heavy (non-hydrogen) atoms. The predicted molar refractivity (Wildman–Crippen MR) is 91.8 cm³/mol. The van der Waals surface area contributed by atoms with E-state index in [0.29, 0.717) is 5.92 Å².